The number of aliphatic imine (C=N–C) groups is 1. The van der Waals surface area contributed by atoms with Crippen molar-refractivity contribution in [3.05, 3.63) is 15.8 Å². The summed E-state index contributed by atoms with van der Waals surface area (Å²) in [6.45, 7) is 6.96. The van der Waals surface area contributed by atoms with Gasteiger partial charge in [0.15, 0.2) is 11.1 Å². The van der Waals surface area contributed by atoms with Crippen LogP contribution in [0.15, 0.2) is 15.8 Å². The number of thiazole rings is 2. The highest BCUT2D eigenvalue weighted by molar-refractivity contribution is 7.14. The highest BCUT2D eigenvalue weighted by Gasteiger charge is 2.27. The van der Waals surface area contributed by atoms with E-state index in [9.17, 15) is 4.79 Å². The highest BCUT2D eigenvalue weighted by atomic mass is 32.1. The van der Waals surface area contributed by atoms with Gasteiger partial charge in [0.1, 0.15) is 11.4 Å². The van der Waals surface area contributed by atoms with E-state index < -0.39 is 0 Å². The summed E-state index contributed by atoms with van der Waals surface area (Å²) < 4.78 is 5.30. The normalized spacial score (nSPS) is 17.8. The molecule has 0 bridgehead atoms. The number of guanidine groups is 1. The van der Waals surface area contributed by atoms with Crippen molar-refractivity contribution >= 4 is 39.9 Å². The number of carbonyl (C=O) groups is 1. The van der Waals surface area contributed by atoms with E-state index in [4.69, 9.17) is 9.72 Å². The van der Waals surface area contributed by atoms with Crippen LogP contribution in [0.3, 0.4) is 0 Å². The Balaban J connectivity index is 1.34. The van der Waals surface area contributed by atoms with Gasteiger partial charge in [-0.1, -0.05) is 0 Å². The first kappa shape index (κ1) is 20.1. The quantitative estimate of drug-likeness (QED) is 0.761. The number of piperidine rings is 1. The highest BCUT2D eigenvalue weighted by Crippen LogP contribution is 2.34. The molecule has 4 rings (SSSR count). The zero-order chi connectivity index (χ0) is 20.2. The summed E-state index contributed by atoms with van der Waals surface area (Å²) >= 11 is 3.23. The first-order valence-corrected chi connectivity index (χ1v) is 11.8. The van der Waals surface area contributed by atoms with E-state index in [1.165, 1.54) is 0 Å². The van der Waals surface area contributed by atoms with Crippen LogP contribution in [0.1, 0.15) is 44.0 Å². The van der Waals surface area contributed by atoms with Crippen LogP contribution >= 0.6 is 22.7 Å². The SMILES string of the molecule is CC(C)OC(=O)N1CCC(c2nc(-c3csc(NC4=NCCCN4)n3)cs2)CC1. The van der Waals surface area contributed by atoms with Crippen molar-refractivity contribution in [3.63, 3.8) is 0 Å². The zero-order valence-corrected chi connectivity index (χ0v) is 18.3. The maximum absolute atomic E-state index is 12.1. The molecule has 0 unspecified atom stereocenters. The van der Waals surface area contributed by atoms with Gasteiger partial charge in [0.2, 0.25) is 0 Å². The lowest BCUT2D eigenvalue weighted by Crippen LogP contribution is -2.39. The van der Waals surface area contributed by atoms with Gasteiger partial charge in [-0.3, -0.25) is 4.99 Å². The molecular formula is C19H26N6O2S2. The molecule has 0 atom stereocenters. The molecule has 2 aliphatic rings. The van der Waals surface area contributed by atoms with Gasteiger partial charge in [0.25, 0.3) is 0 Å². The predicted octanol–water partition coefficient (Wildman–Crippen LogP) is 3.75. The maximum Gasteiger partial charge on any atom is 0.410 e. The van der Waals surface area contributed by atoms with Gasteiger partial charge in [-0.2, -0.15) is 0 Å². The van der Waals surface area contributed by atoms with Crippen LogP contribution < -0.4 is 10.6 Å². The van der Waals surface area contributed by atoms with Crippen molar-refractivity contribution in [2.75, 3.05) is 31.5 Å². The summed E-state index contributed by atoms with van der Waals surface area (Å²) in [6.07, 6.45) is 2.59. The van der Waals surface area contributed by atoms with Crippen LogP contribution in [-0.4, -0.2) is 59.2 Å². The van der Waals surface area contributed by atoms with Gasteiger partial charge in [-0.15, -0.1) is 22.7 Å². The second-order valence-electron chi connectivity index (χ2n) is 7.44. The third-order valence-electron chi connectivity index (χ3n) is 4.85. The molecule has 10 heteroatoms. The van der Waals surface area contributed by atoms with Gasteiger partial charge in [-0.05, 0) is 33.1 Å². The van der Waals surface area contributed by atoms with E-state index in [1.807, 2.05) is 19.2 Å². The standard InChI is InChI=1S/C19H26N6O2S2/c1-12(2)27-19(26)25-8-4-13(5-9-25)16-22-14(10-28-16)15-11-29-18(23-15)24-17-20-6-3-7-21-17/h10-13H,3-9H2,1-2H3,(H2,20,21,23,24). The van der Waals surface area contributed by atoms with Gasteiger partial charge in [-0.25, -0.2) is 14.8 Å². The Kier molecular flexibility index (Phi) is 6.29. The van der Waals surface area contributed by atoms with Crippen molar-refractivity contribution in [2.24, 2.45) is 4.99 Å². The van der Waals surface area contributed by atoms with Crippen LogP contribution in [0.5, 0.6) is 0 Å². The first-order valence-electron chi connectivity index (χ1n) is 10.0. The second-order valence-corrected chi connectivity index (χ2v) is 9.19. The molecule has 0 aromatic carbocycles. The number of amides is 1. The molecule has 8 nitrogen and oxygen atoms in total. The van der Waals surface area contributed by atoms with Gasteiger partial charge in [0, 0.05) is 42.9 Å². The van der Waals surface area contributed by atoms with Crippen LogP contribution in [0.2, 0.25) is 0 Å². The van der Waals surface area contributed by atoms with Gasteiger partial charge >= 0.3 is 6.09 Å². The summed E-state index contributed by atoms with van der Waals surface area (Å²) in [5.74, 6) is 1.17. The van der Waals surface area contributed by atoms with Crippen molar-refractivity contribution in [3.8, 4) is 11.4 Å². The van der Waals surface area contributed by atoms with Crippen molar-refractivity contribution in [1.29, 1.82) is 0 Å². The number of nitrogens with zero attached hydrogens (tertiary/aromatic N) is 4. The van der Waals surface area contributed by atoms with Crippen molar-refractivity contribution < 1.29 is 9.53 Å². The molecule has 156 valence electrons. The number of likely N-dealkylation sites (tertiary alicyclic amines) is 1. The summed E-state index contributed by atoms with van der Waals surface area (Å²) in [7, 11) is 0. The van der Waals surface area contributed by atoms with E-state index in [1.54, 1.807) is 27.6 Å². The minimum Gasteiger partial charge on any atom is -0.447 e. The summed E-state index contributed by atoms with van der Waals surface area (Å²) in [5.41, 5.74) is 1.80. The molecule has 1 fully saturated rings. The molecule has 29 heavy (non-hydrogen) atoms. The maximum atomic E-state index is 12.1. The summed E-state index contributed by atoms with van der Waals surface area (Å²) in [6, 6.07) is 0. The molecule has 0 radical (unpaired) electrons. The summed E-state index contributed by atoms with van der Waals surface area (Å²) in [4.78, 5) is 27.8. The third-order valence-corrected chi connectivity index (χ3v) is 6.62. The van der Waals surface area contributed by atoms with Crippen LogP contribution in [-0.2, 0) is 4.74 Å². The fraction of sp³-hybridized carbons (Fsp3) is 0.579. The molecule has 4 heterocycles. The molecule has 2 aromatic heterocycles. The minimum absolute atomic E-state index is 0.0831. The Hall–Kier alpha value is -2.20. The zero-order valence-electron chi connectivity index (χ0n) is 16.7. The largest absolute Gasteiger partial charge is 0.447 e. The van der Waals surface area contributed by atoms with E-state index in [0.717, 1.165) is 59.8 Å². The Morgan fingerprint density at radius 2 is 2.00 bits per heavy atom. The average molecular weight is 435 g/mol. The number of nitrogens with one attached hydrogen (secondary N) is 2. The molecule has 0 aliphatic carbocycles. The Morgan fingerprint density at radius 1 is 1.24 bits per heavy atom. The average Bonchev–Trinajstić information content (AvgIpc) is 3.38. The minimum atomic E-state index is -0.210. The van der Waals surface area contributed by atoms with E-state index >= 15 is 0 Å². The molecule has 2 aromatic rings. The lowest BCUT2D eigenvalue weighted by Gasteiger charge is -2.30. The van der Waals surface area contributed by atoms with Gasteiger partial charge in [0.05, 0.1) is 11.1 Å². The van der Waals surface area contributed by atoms with Crippen LogP contribution in [0.25, 0.3) is 11.4 Å². The molecular weight excluding hydrogens is 408 g/mol. The van der Waals surface area contributed by atoms with Crippen LogP contribution in [0.4, 0.5) is 9.93 Å². The third kappa shape index (κ3) is 5.05. The van der Waals surface area contributed by atoms with E-state index in [-0.39, 0.29) is 12.2 Å². The predicted molar refractivity (Wildman–Crippen MR) is 117 cm³/mol. The lowest BCUT2D eigenvalue weighted by molar-refractivity contribution is 0.0692. The Labute approximate surface area is 178 Å². The molecule has 1 saturated heterocycles. The number of ether oxygens (including phenoxy) is 1. The summed E-state index contributed by atoms with van der Waals surface area (Å²) in [5, 5.41) is 12.5. The van der Waals surface area contributed by atoms with Gasteiger partial charge < -0.3 is 20.3 Å². The fourth-order valence-electron chi connectivity index (χ4n) is 3.34. The van der Waals surface area contributed by atoms with E-state index in [0.29, 0.717) is 19.0 Å². The van der Waals surface area contributed by atoms with E-state index in [2.05, 4.69) is 26.0 Å². The Bertz CT molecular complexity index is 870. The number of hydrogen-bond acceptors (Lipinski definition) is 9. The molecule has 2 N–H and O–H groups in total. The molecule has 0 spiro atoms. The topological polar surface area (TPSA) is 91.7 Å². The molecule has 0 saturated carbocycles. The lowest BCUT2D eigenvalue weighted by atomic mass is 9.98. The van der Waals surface area contributed by atoms with Crippen molar-refractivity contribution in [1.82, 2.24) is 20.2 Å². The number of hydrogen-bond donors (Lipinski definition) is 2. The first-order chi connectivity index (χ1) is 14.1. The monoisotopic (exact) mass is 434 g/mol. The van der Waals surface area contributed by atoms with Crippen LogP contribution in [0, 0.1) is 0 Å². The molecule has 2 aliphatic heterocycles. The number of aromatic nitrogens is 2. The second kappa shape index (κ2) is 9.08. The number of anilines is 1. The van der Waals surface area contributed by atoms with Crippen molar-refractivity contribution in [2.45, 2.75) is 45.1 Å². The number of rotatable bonds is 4. The fourth-order valence-corrected chi connectivity index (χ4v) is 5.03. The Morgan fingerprint density at radius 3 is 2.72 bits per heavy atom. The molecule has 1 amide bonds. The smallest absolute Gasteiger partial charge is 0.410 e. The number of carbonyl (C=O) groups excluding carboxylic acids is 1.